The van der Waals surface area contributed by atoms with Gasteiger partial charge in [-0.05, 0) is 13.5 Å². The van der Waals surface area contributed by atoms with Crippen LogP contribution >= 0.6 is 7.82 Å². The molecule has 0 saturated heterocycles. The molecule has 0 fully saturated rings. The monoisotopic (exact) mass is 410 g/mol. The van der Waals surface area contributed by atoms with Crippen molar-refractivity contribution in [1.82, 2.24) is 5.32 Å². The summed E-state index contributed by atoms with van der Waals surface area (Å²) in [5.41, 5.74) is 0. The fraction of sp³-hybridized carbons (Fsp3) is 1.00. The molecule has 0 rings (SSSR count). The summed E-state index contributed by atoms with van der Waals surface area (Å²) in [6, 6.07) is 0. The standard InChI is InChI=1S/C19H43N2O5P/c1-6-7-8-9-10-11-12-13-15-24-18-19(17-20-2)26-27(22,23)25-16-14-21(3,4)5/h19-20H,6-18H2,1-5H3. The molecule has 164 valence electrons. The van der Waals surface area contributed by atoms with Gasteiger partial charge in [0.05, 0.1) is 27.7 Å². The highest BCUT2D eigenvalue weighted by Gasteiger charge is 2.19. The second-order valence-electron chi connectivity index (χ2n) is 8.13. The Morgan fingerprint density at radius 1 is 1.00 bits per heavy atom. The van der Waals surface area contributed by atoms with Gasteiger partial charge >= 0.3 is 0 Å². The summed E-state index contributed by atoms with van der Waals surface area (Å²) in [7, 11) is 3.35. The minimum Gasteiger partial charge on any atom is -0.756 e. The van der Waals surface area contributed by atoms with Crippen LogP contribution in [0.2, 0.25) is 0 Å². The maximum absolute atomic E-state index is 12.0. The summed E-state index contributed by atoms with van der Waals surface area (Å²) in [5, 5.41) is 2.93. The predicted octanol–water partition coefficient (Wildman–Crippen LogP) is 2.94. The summed E-state index contributed by atoms with van der Waals surface area (Å²) in [4.78, 5) is 12.0. The first-order chi connectivity index (χ1) is 12.7. The van der Waals surface area contributed by atoms with Crippen LogP contribution in [-0.4, -0.2) is 71.7 Å². The third-order valence-electron chi connectivity index (χ3n) is 4.17. The van der Waals surface area contributed by atoms with Crippen LogP contribution in [0, 0.1) is 0 Å². The Balaban J connectivity index is 3.90. The Bertz CT molecular complexity index is 391. The van der Waals surface area contributed by atoms with Crippen molar-refractivity contribution in [3.8, 4) is 0 Å². The topological polar surface area (TPSA) is 79.9 Å². The van der Waals surface area contributed by atoms with Crippen molar-refractivity contribution in [2.75, 3.05) is 61.1 Å². The van der Waals surface area contributed by atoms with Gasteiger partial charge in [-0.15, -0.1) is 0 Å². The Hall–Kier alpha value is -0.0100. The van der Waals surface area contributed by atoms with Gasteiger partial charge in [0.1, 0.15) is 19.3 Å². The quantitative estimate of drug-likeness (QED) is 0.200. The smallest absolute Gasteiger partial charge is 0.268 e. The molecule has 0 heterocycles. The number of likely N-dealkylation sites (N-methyl/N-ethyl adjacent to an activating group) is 2. The number of hydrogen-bond donors (Lipinski definition) is 1. The molecule has 7 nitrogen and oxygen atoms in total. The van der Waals surface area contributed by atoms with Crippen LogP contribution in [0.4, 0.5) is 0 Å². The molecule has 0 aliphatic carbocycles. The van der Waals surface area contributed by atoms with Crippen molar-refractivity contribution in [3.63, 3.8) is 0 Å². The summed E-state index contributed by atoms with van der Waals surface area (Å²) < 4.78 is 28.3. The van der Waals surface area contributed by atoms with Gasteiger partial charge in [-0.3, -0.25) is 4.57 Å². The second-order valence-corrected chi connectivity index (χ2v) is 9.49. The first kappa shape index (κ1) is 27.0. The van der Waals surface area contributed by atoms with Gasteiger partial charge in [0.15, 0.2) is 0 Å². The number of hydrogen-bond acceptors (Lipinski definition) is 6. The lowest BCUT2D eigenvalue weighted by molar-refractivity contribution is -0.870. The average Bonchev–Trinajstić information content (AvgIpc) is 2.55. The molecule has 0 saturated carbocycles. The molecular weight excluding hydrogens is 367 g/mol. The maximum atomic E-state index is 12.0. The first-order valence-electron chi connectivity index (χ1n) is 10.4. The number of quaternary nitrogens is 1. The lowest BCUT2D eigenvalue weighted by atomic mass is 10.1. The van der Waals surface area contributed by atoms with Crippen LogP contribution in [0.5, 0.6) is 0 Å². The Labute approximate surface area is 167 Å². The summed E-state index contributed by atoms with van der Waals surface area (Å²) >= 11 is 0. The van der Waals surface area contributed by atoms with Crippen LogP contribution in [0.25, 0.3) is 0 Å². The van der Waals surface area contributed by atoms with Gasteiger partial charge in [0, 0.05) is 13.2 Å². The number of ether oxygens (including phenoxy) is 1. The van der Waals surface area contributed by atoms with Gasteiger partial charge in [-0.1, -0.05) is 51.9 Å². The number of nitrogens with zero attached hydrogens (tertiary/aromatic N) is 1. The van der Waals surface area contributed by atoms with Crippen molar-refractivity contribution < 1.29 is 27.7 Å². The zero-order chi connectivity index (χ0) is 20.6. The zero-order valence-electron chi connectivity index (χ0n) is 18.2. The molecule has 2 atom stereocenters. The lowest BCUT2D eigenvalue weighted by Gasteiger charge is -2.30. The summed E-state index contributed by atoms with van der Waals surface area (Å²) in [5.74, 6) is 0. The van der Waals surface area contributed by atoms with E-state index >= 15 is 0 Å². The molecule has 8 heteroatoms. The third kappa shape index (κ3) is 19.1. The van der Waals surface area contributed by atoms with E-state index in [1.165, 1.54) is 38.5 Å². The van der Waals surface area contributed by atoms with Crippen LogP contribution in [-0.2, 0) is 18.3 Å². The first-order valence-corrected chi connectivity index (χ1v) is 11.8. The van der Waals surface area contributed by atoms with Gasteiger partial charge < -0.3 is 28.5 Å². The summed E-state index contributed by atoms with van der Waals surface area (Å²) in [6.07, 6.45) is 9.36. The highest BCUT2D eigenvalue weighted by atomic mass is 31.2. The molecular formula is C19H43N2O5P. The largest absolute Gasteiger partial charge is 0.756 e. The highest BCUT2D eigenvalue weighted by molar-refractivity contribution is 7.45. The Morgan fingerprint density at radius 2 is 1.59 bits per heavy atom. The molecule has 0 aliphatic rings. The highest BCUT2D eigenvalue weighted by Crippen LogP contribution is 2.39. The Kier molecular flexibility index (Phi) is 15.9. The van der Waals surface area contributed by atoms with Crippen molar-refractivity contribution in [1.29, 1.82) is 0 Å². The molecule has 0 aromatic rings. The van der Waals surface area contributed by atoms with Gasteiger partial charge in [-0.2, -0.15) is 0 Å². The number of phosphoric ester groups is 1. The Morgan fingerprint density at radius 3 is 2.15 bits per heavy atom. The number of rotatable bonds is 19. The number of nitrogens with one attached hydrogen (secondary N) is 1. The molecule has 27 heavy (non-hydrogen) atoms. The van der Waals surface area contributed by atoms with Crippen molar-refractivity contribution in [2.45, 2.75) is 64.4 Å². The maximum Gasteiger partial charge on any atom is 0.268 e. The minimum atomic E-state index is -4.32. The predicted molar refractivity (Wildman–Crippen MR) is 109 cm³/mol. The van der Waals surface area contributed by atoms with E-state index in [-0.39, 0.29) is 13.2 Å². The van der Waals surface area contributed by atoms with E-state index in [0.29, 0.717) is 24.2 Å². The third-order valence-corrected chi connectivity index (χ3v) is 5.22. The molecule has 0 radical (unpaired) electrons. The van der Waals surface area contributed by atoms with Gasteiger partial charge in [0.25, 0.3) is 7.82 Å². The molecule has 0 amide bonds. The van der Waals surface area contributed by atoms with Gasteiger partial charge in [-0.25, -0.2) is 0 Å². The van der Waals surface area contributed by atoms with E-state index in [1.54, 1.807) is 7.05 Å². The zero-order valence-corrected chi connectivity index (χ0v) is 19.1. The van der Waals surface area contributed by atoms with Crippen molar-refractivity contribution in [2.24, 2.45) is 0 Å². The van der Waals surface area contributed by atoms with Gasteiger partial charge in [0.2, 0.25) is 0 Å². The molecule has 2 unspecified atom stereocenters. The molecule has 0 bridgehead atoms. The normalized spacial score (nSPS) is 15.6. The lowest BCUT2D eigenvalue weighted by Crippen LogP contribution is -2.38. The minimum absolute atomic E-state index is 0.107. The van der Waals surface area contributed by atoms with E-state index in [1.807, 2.05) is 21.1 Å². The molecule has 1 N–H and O–H groups in total. The molecule has 0 aromatic heterocycles. The average molecular weight is 411 g/mol. The van der Waals surface area contributed by atoms with Crippen LogP contribution < -0.4 is 10.2 Å². The van der Waals surface area contributed by atoms with Crippen LogP contribution in [0.3, 0.4) is 0 Å². The van der Waals surface area contributed by atoms with Crippen LogP contribution in [0.1, 0.15) is 58.3 Å². The SMILES string of the molecule is CCCCCCCCCCOCC(CNC)OP(=O)([O-])OCC[N+](C)(C)C. The number of phosphoric acid groups is 1. The molecule has 0 aromatic carbocycles. The van der Waals surface area contributed by atoms with E-state index in [4.69, 9.17) is 13.8 Å². The van der Waals surface area contributed by atoms with E-state index in [9.17, 15) is 9.46 Å². The van der Waals surface area contributed by atoms with Crippen LogP contribution in [0.15, 0.2) is 0 Å². The number of unbranched alkanes of at least 4 members (excludes halogenated alkanes) is 7. The molecule has 0 spiro atoms. The van der Waals surface area contributed by atoms with E-state index in [2.05, 4.69) is 12.2 Å². The summed E-state index contributed by atoms with van der Waals surface area (Å²) in [6.45, 7) is 4.18. The van der Waals surface area contributed by atoms with Crippen molar-refractivity contribution in [3.05, 3.63) is 0 Å². The second kappa shape index (κ2) is 15.9. The van der Waals surface area contributed by atoms with E-state index < -0.39 is 13.9 Å². The van der Waals surface area contributed by atoms with E-state index in [0.717, 1.165) is 12.8 Å². The fourth-order valence-corrected chi connectivity index (χ4v) is 3.41. The fourth-order valence-electron chi connectivity index (χ4n) is 2.55. The molecule has 0 aliphatic heterocycles. The van der Waals surface area contributed by atoms with Crippen molar-refractivity contribution >= 4 is 7.82 Å².